The van der Waals surface area contributed by atoms with E-state index in [0.29, 0.717) is 0 Å². The number of benzene rings is 4. The van der Waals surface area contributed by atoms with Crippen LogP contribution in [0.25, 0.3) is 0 Å². The highest BCUT2D eigenvalue weighted by Gasteiger charge is 2.62. The molecule has 0 N–H and O–H groups in total. The minimum absolute atomic E-state index is 1.16. The molecule has 4 heteroatoms. The minimum Gasteiger partial charge on any atom is -0.0736 e. The van der Waals surface area contributed by atoms with Crippen LogP contribution in [0.15, 0.2) is 121 Å². The van der Waals surface area contributed by atoms with Crippen LogP contribution in [0.5, 0.6) is 0 Å². The molecule has 4 rings (SSSR count). The molecular weight excluding hydrogens is 449 g/mol. The Morgan fingerprint density at radius 3 is 0.688 bits per heavy atom. The molecule has 0 aromatic heterocycles. The number of rotatable bonds is 7. The standard InChI is InChI=1S/C28H34Si4/c1-29(2)31(25-17-9-5-10-18-25,26-19-11-6-12-20-26)32(30(3)4,27-21-13-7-14-22-27)28-23-15-8-16-24-28/h5-24,29-30H,1-4H3. The van der Waals surface area contributed by atoms with E-state index in [0.717, 1.165) is 0 Å². The van der Waals surface area contributed by atoms with Gasteiger partial charge in [0.25, 0.3) is 0 Å². The first kappa shape index (κ1) is 22.9. The summed E-state index contributed by atoms with van der Waals surface area (Å²) in [5.74, 6) is 0. The molecule has 0 radical (unpaired) electrons. The van der Waals surface area contributed by atoms with Gasteiger partial charge < -0.3 is 0 Å². The van der Waals surface area contributed by atoms with Gasteiger partial charge >= 0.3 is 0 Å². The van der Waals surface area contributed by atoms with Crippen molar-refractivity contribution in [1.82, 2.24) is 0 Å². The van der Waals surface area contributed by atoms with Crippen molar-refractivity contribution in [2.45, 2.75) is 26.2 Å². The molecule has 0 saturated carbocycles. The molecule has 0 unspecified atom stereocenters. The van der Waals surface area contributed by atoms with Gasteiger partial charge in [-0.05, 0) is 0 Å². The maximum absolute atomic E-state index is 2.65. The maximum atomic E-state index is 2.65. The lowest BCUT2D eigenvalue weighted by Crippen LogP contribution is -2.94. The van der Waals surface area contributed by atoms with Crippen molar-refractivity contribution in [3.8, 4) is 0 Å². The third-order valence-corrected chi connectivity index (χ3v) is 60.1. The molecule has 0 saturated heterocycles. The highest BCUT2D eigenvalue weighted by molar-refractivity contribution is 7.90. The summed E-state index contributed by atoms with van der Waals surface area (Å²) in [6.07, 6.45) is 0. The van der Waals surface area contributed by atoms with Gasteiger partial charge in [0.1, 0.15) is 14.2 Å². The normalized spacial score (nSPS) is 12.3. The van der Waals surface area contributed by atoms with Crippen molar-refractivity contribution in [3.63, 3.8) is 0 Å². The van der Waals surface area contributed by atoms with Crippen molar-refractivity contribution in [2.24, 2.45) is 0 Å². The van der Waals surface area contributed by atoms with Crippen molar-refractivity contribution in [1.29, 1.82) is 0 Å². The van der Waals surface area contributed by atoms with E-state index in [1.807, 2.05) is 0 Å². The predicted octanol–water partition coefficient (Wildman–Crippen LogP) is 3.72. The minimum atomic E-state index is -2.11. The van der Waals surface area contributed by atoms with Crippen LogP contribution in [-0.4, -0.2) is 30.8 Å². The fourth-order valence-corrected chi connectivity index (χ4v) is 79.8. The van der Waals surface area contributed by atoms with Crippen molar-refractivity contribution in [3.05, 3.63) is 121 Å². The van der Waals surface area contributed by atoms with E-state index >= 15 is 0 Å². The molecule has 0 aliphatic rings. The van der Waals surface area contributed by atoms with Gasteiger partial charge in [0, 0.05) is 16.6 Å². The molecule has 4 aromatic carbocycles. The molecular formula is C28H34Si4. The zero-order chi connectivity index (χ0) is 22.6. The summed E-state index contributed by atoms with van der Waals surface area (Å²) < 4.78 is 0. The van der Waals surface area contributed by atoms with Crippen LogP contribution < -0.4 is 20.7 Å². The highest BCUT2D eigenvalue weighted by Crippen LogP contribution is 2.26. The molecule has 0 aliphatic carbocycles. The summed E-state index contributed by atoms with van der Waals surface area (Å²) >= 11 is 0. The summed E-state index contributed by atoms with van der Waals surface area (Å²) in [6, 6.07) is 46.9. The molecule has 0 bridgehead atoms. The van der Waals surface area contributed by atoms with Crippen LogP contribution >= 0.6 is 0 Å². The summed E-state index contributed by atoms with van der Waals surface area (Å²) in [5.41, 5.74) is 0. The van der Waals surface area contributed by atoms with Crippen LogP contribution in [0.3, 0.4) is 0 Å². The SMILES string of the molecule is C[SiH](C)[Si](c1ccccc1)(c1ccccc1)[Si](c1ccccc1)(c1ccccc1)[SiH](C)C. The van der Waals surface area contributed by atoms with Crippen LogP contribution in [0.2, 0.25) is 26.2 Å². The molecule has 0 aliphatic heterocycles. The van der Waals surface area contributed by atoms with Crippen LogP contribution in [-0.2, 0) is 0 Å². The smallest absolute Gasteiger partial charge is 0.0736 e. The Morgan fingerprint density at radius 2 is 0.531 bits per heavy atom. The second-order valence-corrected chi connectivity index (χ2v) is 39.9. The molecule has 32 heavy (non-hydrogen) atoms. The van der Waals surface area contributed by atoms with Gasteiger partial charge in [-0.15, -0.1) is 0 Å². The third-order valence-electron chi connectivity index (χ3n) is 7.27. The largest absolute Gasteiger partial charge is 0.108 e. The van der Waals surface area contributed by atoms with Gasteiger partial charge in [0.15, 0.2) is 0 Å². The van der Waals surface area contributed by atoms with Gasteiger partial charge in [-0.2, -0.15) is 0 Å². The van der Waals surface area contributed by atoms with Crippen molar-refractivity contribution >= 4 is 51.6 Å². The second-order valence-electron chi connectivity index (χ2n) is 9.39. The molecule has 0 amide bonds. The lowest BCUT2D eigenvalue weighted by molar-refractivity contribution is 1.70. The average Bonchev–Trinajstić information content (AvgIpc) is 2.84. The summed E-state index contributed by atoms with van der Waals surface area (Å²) in [7, 11) is -6.54. The zero-order valence-electron chi connectivity index (χ0n) is 19.7. The van der Waals surface area contributed by atoms with Crippen molar-refractivity contribution < 1.29 is 0 Å². The number of hydrogen-bond donors (Lipinski definition) is 0. The molecule has 0 fully saturated rings. The fourth-order valence-electron chi connectivity index (χ4n) is 6.29. The first-order chi connectivity index (χ1) is 15.6. The average molecular weight is 483 g/mol. The van der Waals surface area contributed by atoms with Gasteiger partial charge in [0.05, 0.1) is 0 Å². The second kappa shape index (κ2) is 9.71. The Bertz CT molecular complexity index is 939. The quantitative estimate of drug-likeness (QED) is 0.352. The molecule has 0 atom stereocenters. The van der Waals surface area contributed by atoms with Gasteiger partial charge in [-0.25, -0.2) is 0 Å². The predicted molar refractivity (Wildman–Crippen MR) is 154 cm³/mol. The molecule has 0 nitrogen and oxygen atoms in total. The molecule has 0 heterocycles. The van der Waals surface area contributed by atoms with E-state index in [2.05, 4.69) is 148 Å². The topological polar surface area (TPSA) is 0 Å². The Morgan fingerprint density at radius 1 is 0.344 bits per heavy atom. The van der Waals surface area contributed by atoms with E-state index in [-0.39, 0.29) is 0 Å². The Hall–Kier alpha value is -2.25. The molecule has 162 valence electrons. The van der Waals surface area contributed by atoms with Crippen molar-refractivity contribution in [2.75, 3.05) is 0 Å². The third kappa shape index (κ3) is 3.55. The Labute approximate surface area is 198 Å². The zero-order valence-corrected chi connectivity index (χ0v) is 24.0. The van der Waals surface area contributed by atoms with Crippen LogP contribution in [0.4, 0.5) is 0 Å². The van der Waals surface area contributed by atoms with E-state index in [1.54, 1.807) is 20.7 Å². The summed E-state index contributed by atoms with van der Waals surface area (Å²) in [6.45, 7) is 10.6. The van der Waals surface area contributed by atoms with Crippen LogP contribution in [0.1, 0.15) is 0 Å². The number of hydrogen-bond acceptors (Lipinski definition) is 0. The maximum Gasteiger partial charge on any atom is 0.108 e. The Kier molecular flexibility index (Phi) is 6.95. The Balaban J connectivity index is 2.26. The lowest BCUT2D eigenvalue weighted by Gasteiger charge is -2.54. The van der Waals surface area contributed by atoms with E-state index in [1.165, 1.54) is 0 Å². The van der Waals surface area contributed by atoms with Crippen LogP contribution in [0, 0.1) is 0 Å². The van der Waals surface area contributed by atoms with E-state index < -0.39 is 30.8 Å². The summed E-state index contributed by atoms with van der Waals surface area (Å²) in [5, 5.41) is 6.64. The van der Waals surface area contributed by atoms with E-state index in [9.17, 15) is 0 Å². The first-order valence-corrected chi connectivity index (χ1v) is 25.0. The highest BCUT2D eigenvalue weighted by atomic mass is 29.8. The first-order valence-electron chi connectivity index (χ1n) is 11.8. The summed E-state index contributed by atoms with van der Waals surface area (Å²) in [4.78, 5) is 0. The van der Waals surface area contributed by atoms with Gasteiger partial charge in [-0.3, -0.25) is 0 Å². The van der Waals surface area contributed by atoms with Gasteiger partial charge in [0.2, 0.25) is 0 Å². The molecule has 0 spiro atoms. The fraction of sp³-hybridized carbons (Fsp3) is 0.143. The lowest BCUT2D eigenvalue weighted by atomic mass is 10.4. The monoisotopic (exact) mass is 482 g/mol. The molecule has 4 aromatic rings. The van der Waals surface area contributed by atoms with E-state index in [4.69, 9.17) is 0 Å². The van der Waals surface area contributed by atoms with Gasteiger partial charge in [-0.1, -0.05) is 168 Å².